The molecule has 0 aliphatic carbocycles. The van der Waals surface area contributed by atoms with Gasteiger partial charge in [0.1, 0.15) is 25.1 Å². The lowest BCUT2D eigenvalue weighted by molar-refractivity contribution is 0.169. The topological polar surface area (TPSA) is 38.7 Å². The van der Waals surface area contributed by atoms with E-state index in [4.69, 9.17) is 9.47 Å². The van der Waals surface area contributed by atoms with Gasteiger partial charge in [-0.2, -0.15) is 0 Å². The zero-order valence-corrected chi connectivity index (χ0v) is 11.1. The standard InChI is InChI=1S/C16H15FO3/c1-10-3-2-4-12(15(10)17)16(18)11-5-6-13-14(9-11)20-8-7-19-13/h2-6,9,16,18H,7-8H2,1H3. The van der Waals surface area contributed by atoms with Crippen molar-refractivity contribution in [2.75, 3.05) is 13.2 Å². The SMILES string of the molecule is Cc1cccc(C(O)c2ccc3c(c2)OCCO3)c1F. The Morgan fingerprint density at radius 1 is 1.10 bits per heavy atom. The van der Waals surface area contributed by atoms with Crippen molar-refractivity contribution in [1.29, 1.82) is 0 Å². The molecule has 1 unspecified atom stereocenters. The van der Waals surface area contributed by atoms with E-state index < -0.39 is 6.10 Å². The highest BCUT2D eigenvalue weighted by molar-refractivity contribution is 5.46. The summed E-state index contributed by atoms with van der Waals surface area (Å²) in [6.45, 7) is 2.67. The van der Waals surface area contributed by atoms with E-state index in [-0.39, 0.29) is 11.4 Å². The van der Waals surface area contributed by atoms with E-state index >= 15 is 0 Å². The van der Waals surface area contributed by atoms with Crippen molar-refractivity contribution in [3.05, 3.63) is 58.9 Å². The molecule has 2 aromatic carbocycles. The second-order valence-electron chi connectivity index (χ2n) is 4.78. The van der Waals surface area contributed by atoms with Gasteiger partial charge in [-0.1, -0.05) is 24.3 Å². The average Bonchev–Trinajstić information content (AvgIpc) is 2.49. The minimum atomic E-state index is -1.02. The zero-order valence-electron chi connectivity index (χ0n) is 11.1. The lowest BCUT2D eigenvalue weighted by Crippen LogP contribution is -2.15. The van der Waals surface area contributed by atoms with Crippen LogP contribution in [0.2, 0.25) is 0 Å². The van der Waals surface area contributed by atoms with E-state index in [1.54, 1.807) is 43.3 Å². The fourth-order valence-electron chi connectivity index (χ4n) is 2.29. The minimum Gasteiger partial charge on any atom is -0.486 e. The molecule has 0 amide bonds. The summed E-state index contributed by atoms with van der Waals surface area (Å²) >= 11 is 0. The maximum atomic E-state index is 14.1. The van der Waals surface area contributed by atoms with Crippen molar-refractivity contribution in [3.63, 3.8) is 0 Å². The van der Waals surface area contributed by atoms with Crippen LogP contribution in [0.4, 0.5) is 4.39 Å². The van der Waals surface area contributed by atoms with E-state index in [1.165, 1.54) is 0 Å². The first-order valence-corrected chi connectivity index (χ1v) is 6.49. The Morgan fingerprint density at radius 3 is 2.65 bits per heavy atom. The third kappa shape index (κ3) is 2.23. The number of aliphatic hydroxyl groups excluding tert-OH is 1. The summed E-state index contributed by atoms with van der Waals surface area (Å²) in [6.07, 6.45) is -1.02. The quantitative estimate of drug-likeness (QED) is 0.915. The van der Waals surface area contributed by atoms with Crippen molar-refractivity contribution in [3.8, 4) is 11.5 Å². The molecule has 0 aromatic heterocycles. The lowest BCUT2D eigenvalue weighted by atomic mass is 9.99. The van der Waals surface area contributed by atoms with Gasteiger partial charge in [-0.15, -0.1) is 0 Å². The van der Waals surface area contributed by atoms with Crippen LogP contribution in [-0.2, 0) is 0 Å². The molecule has 4 heteroatoms. The van der Waals surface area contributed by atoms with Gasteiger partial charge in [0.15, 0.2) is 11.5 Å². The third-order valence-corrected chi connectivity index (χ3v) is 3.40. The van der Waals surface area contributed by atoms with Crippen LogP contribution in [0, 0.1) is 12.7 Å². The predicted octanol–water partition coefficient (Wildman–Crippen LogP) is 2.99. The van der Waals surface area contributed by atoms with Crippen LogP contribution in [0.5, 0.6) is 11.5 Å². The zero-order chi connectivity index (χ0) is 14.1. The molecule has 3 nitrogen and oxygen atoms in total. The summed E-state index contributed by atoms with van der Waals surface area (Å²) in [6, 6.07) is 10.1. The van der Waals surface area contributed by atoms with E-state index in [9.17, 15) is 9.50 Å². The highest BCUT2D eigenvalue weighted by Crippen LogP contribution is 2.35. The number of rotatable bonds is 2. The number of aliphatic hydroxyl groups is 1. The van der Waals surface area contributed by atoms with Crippen molar-refractivity contribution in [2.24, 2.45) is 0 Å². The Labute approximate surface area is 116 Å². The Morgan fingerprint density at radius 2 is 1.85 bits per heavy atom. The number of hydrogen-bond acceptors (Lipinski definition) is 3. The molecule has 20 heavy (non-hydrogen) atoms. The summed E-state index contributed by atoms with van der Waals surface area (Å²) in [5.74, 6) is 0.854. The Bertz CT molecular complexity index is 640. The molecule has 0 saturated heterocycles. The molecule has 1 heterocycles. The molecule has 1 aliphatic heterocycles. The Kier molecular flexibility index (Phi) is 3.32. The fraction of sp³-hybridized carbons (Fsp3) is 0.250. The van der Waals surface area contributed by atoms with Crippen molar-refractivity contribution < 1.29 is 19.0 Å². The van der Waals surface area contributed by atoms with Gasteiger partial charge in [0.2, 0.25) is 0 Å². The lowest BCUT2D eigenvalue weighted by Gasteiger charge is -2.20. The van der Waals surface area contributed by atoms with Gasteiger partial charge in [-0.25, -0.2) is 4.39 Å². The van der Waals surface area contributed by atoms with E-state index in [0.29, 0.717) is 35.8 Å². The third-order valence-electron chi connectivity index (χ3n) is 3.40. The van der Waals surface area contributed by atoms with Gasteiger partial charge in [0, 0.05) is 5.56 Å². The van der Waals surface area contributed by atoms with Crippen LogP contribution in [0.1, 0.15) is 22.8 Å². The normalized spacial score (nSPS) is 14.9. The second kappa shape index (κ2) is 5.13. The fourth-order valence-corrected chi connectivity index (χ4v) is 2.29. The molecule has 1 N–H and O–H groups in total. The second-order valence-corrected chi connectivity index (χ2v) is 4.78. The molecule has 1 atom stereocenters. The van der Waals surface area contributed by atoms with E-state index in [1.807, 2.05) is 0 Å². The molecule has 3 rings (SSSR count). The molecule has 0 spiro atoms. The summed E-state index contributed by atoms with van der Waals surface area (Å²) in [5.41, 5.74) is 1.36. The highest BCUT2D eigenvalue weighted by Gasteiger charge is 2.19. The minimum absolute atomic E-state index is 0.265. The number of benzene rings is 2. The molecule has 1 aliphatic rings. The van der Waals surface area contributed by atoms with Gasteiger partial charge in [0.25, 0.3) is 0 Å². The highest BCUT2D eigenvalue weighted by atomic mass is 19.1. The number of hydrogen-bond donors (Lipinski definition) is 1. The summed E-state index contributed by atoms with van der Waals surface area (Å²) in [7, 11) is 0. The first kappa shape index (κ1) is 12.9. The number of halogens is 1. The van der Waals surface area contributed by atoms with Crippen LogP contribution >= 0.6 is 0 Å². The summed E-state index contributed by atoms with van der Waals surface area (Å²) < 4.78 is 25.0. The number of aryl methyl sites for hydroxylation is 1. The monoisotopic (exact) mass is 274 g/mol. The van der Waals surface area contributed by atoms with Gasteiger partial charge in [-0.3, -0.25) is 0 Å². The summed E-state index contributed by atoms with van der Waals surface area (Å²) in [5, 5.41) is 10.4. The first-order valence-electron chi connectivity index (χ1n) is 6.49. The number of fused-ring (bicyclic) bond motifs is 1. The Balaban J connectivity index is 1.98. The molecule has 0 fully saturated rings. The largest absolute Gasteiger partial charge is 0.486 e. The first-order chi connectivity index (χ1) is 9.66. The van der Waals surface area contributed by atoms with Crippen LogP contribution < -0.4 is 9.47 Å². The molecular formula is C16H15FO3. The van der Waals surface area contributed by atoms with Gasteiger partial charge >= 0.3 is 0 Å². The van der Waals surface area contributed by atoms with Gasteiger partial charge in [-0.05, 0) is 30.2 Å². The van der Waals surface area contributed by atoms with E-state index in [0.717, 1.165) is 0 Å². The van der Waals surface area contributed by atoms with Crippen LogP contribution in [0.25, 0.3) is 0 Å². The molecule has 0 radical (unpaired) electrons. The van der Waals surface area contributed by atoms with Gasteiger partial charge < -0.3 is 14.6 Å². The molecular weight excluding hydrogens is 259 g/mol. The van der Waals surface area contributed by atoms with E-state index in [2.05, 4.69) is 0 Å². The van der Waals surface area contributed by atoms with Crippen molar-refractivity contribution >= 4 is 0 Å². The van der Waals surface area contributed by atoms with Crippen LogP contribution in [0.15, 0.2) is 36.4 Å². The molecule has 2 aromatic rings. The Hall–Kier alpha value is -2.07. The molecule has 0 bridgehead atoms. The van der Waals surface area contributed by atoms with Gasteiger partial charge in [0.05, 0.1) is 0 Å². The maximum Gasteiger partial charge on any atom is 0.161 e. The van der Waals surface area contributed by atoms with Crippen molar-refractivity contribution in [1.82, 2.24) is 0 Å². The number of ether oxygens (including phenoxy) is 2. The van der Waals surface area contributed by atoms with Crippen molar-refractivity contribution in [2.45, 2.75) is 13.0 Å². The predicted molar refractivity (Wildman–Crippen MR) is 72.6 cm³/mol. The van der Waals surface area contributed by atoms with Crippen LogP contribution in [0.3, 0.4) is 0 Å². The molecule has 0 saturated carbocycles. The summed E-state index contributed by atoms with van der Waals surface area (Å²) in [4.78, 5) is 0. The van der Waals surface area contributed by atoms with Crippen LogP contribution in [-0.4, -0.2) is 18.3 Å². The maximum absolute atomic E-state index is 14.1. The smallest absolute Gasteiger partial charge is 0.161 e. The average molecular weight is 274 g/mol. The molecule has 104 valence electrons.